The zero-order valence-electron chi connectivity index (χ0n) is 13.2. The van der Waals surface area contributed by atoms with E-state index in [0.717, 1.165) is 41.5 Å². The Hall–Kier alpha value is -2.23. The van der Waals surface area contributed by atoms with E-state index in [4.69, 9.17) is 4.42 Å². The number of furan rings is 1. The first kappa shape index (κ1) is 13.2. The van der Waals surface area contributed by atoms with Crippen molar-refractivity contribution in [3.8, 4) is 0 Å². The molecule has 0 unspecified atom stereocenters. The van der Waals surface area contributed by atoms with Crippen LogP contribution in [0.1, 0.15) is 60.1 Å². The summed E-state index contributed by atoms with van der Waals surface area (Å²) in [7, 11) is 0. The molecule has 4 nitrogen and oxygen atoms in total. The summed E-state index contributed by atoms with van der Waals surface area (Å²) in [6, 6.07) is 12.2. The summed E-state index contributed by atoms with van der Waals surface area (Å²) < 4.78 is 6.13. The Labute approximate surface area is 135 Å². The van der Waals surface area contributed by atoms with Gasteiger partial charge in [0.2, 0.25) is 0 Å². The number of benzene rings is 1. The summed E-state index contributed by atoms with van der Waals surface area (Å²) in [5.41, 5.74) is 1.66. The molecule has 3 atom stereocenters. The third kappa shape index (κ3) is 2.08. The maximum atomic E-state index is 12.9. The molecule has 1 aromatic carbocycles. The molecule has 1 N–H and O–H groups in total. The molecule has 0 saturated heterocycles. The van der Waals surface area contributed by atoms with E-state index < -0.39 is 0 Å². The lowest BCUT2D eigenvalue weighted by molar-refractivity contribution is 0.0644. The number of anilines is 1. The van der Waals surface area contributed by atoms with E-state index in [-0.39, 0.29) is 12.1 Å². The topological polar surface area (TPSA) is 45.5 Å². The zero-order chi connectivity index (χ0) is 15.6. The zero-order valence-corrected chi connectivity index (χ0v) is 13.2. The van der Waals surface area contributed by atoms with Crippen molar-refractivity contribution in [1.29, 1.82) is 0 Å². The van der Waals surface area contributed by atoms with Gasteiger partial charge in [-0.05, 0) is 49.4 Å². The molecule has 2 aliphatic carbocycles. The van der Waals surface area contributed by atoms with Gasteiger partial charge in [-0.1, -0.05) is 19.1 Å². The predicted molar refractivity (Wildman–Crippen MR) is 87.2 cm³/mol. The second-order valence-electron chi connectivity index (χ2n) is 7.10. The number of carbonyl (C=O) groups is 1. The van der Waals surface area contributed by atoms with Gasteiger partial charge in [0.15, 0.2) is 6.17 Å². The Kier molecular flexibility index (Phi) is 2.67. The molecule has 0 spiro atoms. The molecule has 1 aromatic heterocycles. The van der Waals surface area contributed by atoms with Crippen LogP contribution in [0.4, 0.5) is 5.69 Å². The van der Waals surface area contributed by atoms with Crippen LogP contribution in [0.2, 0.25) is 0 Å². The first-order valence-electron chi connectivity index (χ1n) is 8.50. The highest BCUT2D eigenvalue weighted by molar-refractivity contribution is 6.02. The average molecular weight is 308 g/mol. The van der Waals surface area contributed by atoms with Gasteiger partial charge < -0.3 is 14.6 Å². The van der Waals surface area contributed by atoms with Crippen LogP contribution < -0.4 is 5.32 Å². The molecule has 2 heterocycles. The Morgan fingerprint density at radius 1 is 1.13 bits per heavy atom. The second-order valence-corrected chi connectivity index (χ2v) is 7.10. The number of fused-ring (bicyclic) bond motifs is 1. The number of carbonyl (C=O) groups excluding carboxylic acids is 1. The number of hydrogen-bond donors (Lipinski definition) is 1. The number of hydrogen-bond acceptors (Lipinski definition) is 3. The van der Waals surface area contributed by atoms with Gasteiger partial charge in [-0.15, -0.1) is 0 Å². The molecule has 4 heteroatoms. The van der Waals surface area contributed by atoms with E-state index in [9.17, 15) is 4.79 Å². The van der Waals surface area contributed by atoms with E-state index in [0.29, 0.717) is 12.0 Å². The molecular weight excluding hydrogens is 288 g/mol. The second kappa shape index (κ2) is 4.63. The molecule has 1 amide bonds. The highest BCUT2D eigenvalue weighted by atomic mass is 16.3. The fraction of sp³-hybridized carbons (Fsp3) is 0.421. The van der Waals surface area contributed by atoms with Gasteiger partial charge in [0, 0.05) is 17.6 Å². The minimum atomic E-state index is -0.187. The third-order valence-corrected chi connectivity index (χ3v) is 5.29. The lowest BCUT2D eigenvalue weighted by Gasteiger charge is -2.37. The lowest BCUT2D eigenvalue weighted by atomic mass is 10.1. The molecule has 3 aliphatic rings. The normalized spacial score (nSPS) is 29.2. The minimum absolute atomic E-state index is 0.115. The van der Waals surface area contributed by atoms with Crippen LogP contribution in [-0.2, 0) is 0 Å². The molecule has 2 aromatic rings. The largest absolute Gasteiger partial charge is 0.462 e. The smallest absolute Gasteiger partial charge is 0.258 e. The summed E-state index contributed by atoms with van der Waals surface area (Å²) in [4.78, 5) is 14.9. The Bertz CT molecular complexity index is 777. The van der Waals surface area contributed by atoms with Crippen molar-refractivity contribution in [2.24, 2.45) is 5.92 Å². The molecule has 1 aliphatic heterocycles. The summed E-state index contributed by atoms with van der Waals surface area (Å²) in [5.74, 6) is 3.31. The lowest BCUT2D eigenvalue weighted by Crippen LogP contribution is -2.44. The Morgan fingerprint density at radius 2 is 1.87 bits per heavy atom. The molecular formula is C19H20N2O2. The number of nitrogens with one attached hydrogen (secondary N) is 1. The van der Waals surface area contributed by atoms with Crippen molar-refractivity contribution in [1.82, 2.24) is 4.90 Å². The predicted octanol–water partition coefficient (Wildman–Crippen LogP) is 4.13. The van der Waals surface area contributed by atoms with Gasteiger partial charge in [0.05, 0.1) is 5.56 Å². The maximum absolute atomic E-state index is 12.9. The standard InChI is InChI=1S/C19H20N2O2/c1-11-10-14(11)16-8-9-17(23-16)18-20-15-5-3-2-4-13(15)19(22)21(18)12-6-7-12/h2-5,8-9,11-12,14,18,20H,6-7,10H2,1H3/t11-,14+,18-/m1/s1. The summed E-state index contributed by atoms with van der Waals surface area (Å²) in [5, 5.41) is 3.51. The molecule has 0 radical (unpaired) electrons. The van der Waals surface area contributed by atoms with Gasteiger partial charge >= 0.3 is 0 Å². The van der Waals surface area contributed by atoms with Gasteiger partial charge in [0.25, 0.3) is 5.91 Å². The van der Waals surface area contributed by atoms with E-state index in [2.05, 4.69) is 18.3 Å². The number of rotatable bonds is 3. The van der Waals surface area contributed by atoms with Crippen molar-refractivity contribution in [2.45, 2.75) is 44.3 Å². The van der Waals surface area contributed by atoms with Crippen LogP contribution in [0, 0.1) is 5.92 Å². The fourth-order valence-corrected chi connectivity index (χ4v) is 3.64. The van der Waals surface area contributed by atoms with Crippen LogP contribution >= 0.6 is 0 Å². The summed E-state index contributed by atoms with van der Waals surface area (Å²) in [6.07, 6.45) is 3.19. The fourth-order valence-electron chi connectivity index (χ4n) is 3.64. The average Bonchev–Trinajstić information content (AvgIpc) is 3.47. The Morgan fingerprint density at radius 3 is 2.61 bits per heavy atom. The van der Waals surface area contributed by atoms with Gasteiger partial charge in [0.1, 0.15) is 11.5 Å². The molecule has 118 valence electrons. The number of para-hydroxylation sites is 1. The van der Waals surface area contributed by atoms with Crippen molar-refractivity contribution in [3.63, 3.8) is 0 Å². The van der Waals surface area contributed by atoms with Crippen LogP contribution in [0.5, 0.6) is 0 Å². The maximum Gasteiger partial charge on any atom is 0.258 e. The minimum Gasteiger partial charge on any atom is -0.462 e. The van der Waals surface area contributed by atoms with Crippen LogP contribution in [-0.4, -0.2) is 16.8 Å². The van der Waals surface area contributed by atoms with Crippen LogP contribution in [0.25, 0.3) is 0 Å². The Balaban J connectivity index is 1.53. The molecule has 0 bridgehead atoms. The number of amides is 1. The summed E-state index contributed by atoms with van der Waals surface area (Å²) in [6.45, 7) is 2.25. The number of nitrogens with zero attached hydrogens (tertiary/aromatic N) is 1. The quantitative estimate of drug-likeness (QED) is 0.927. The van der Waals surface area contributed by atoms with Crippen molar-refractivity contribution in [3.05, 3.63) is 53.5 Å². The van der Waals surface area contributed by atoms with Gasteiger partial charge in [-0.2, -0.15) is 0 Å². The first-order chi connectivity index (χ1) is 11.2. The van der Waals surface area contributed by atoms with E-state index >= 15 is 0 Å². The summed E-state index contributed by atoms with van der Waals surface area (Å²) >= 11 is 0. The van der Waals surface area contributed by atoms with Crippen molar-refractivity contribution in [2.75, 3.05) is 5.32 Å². The van der Waals surface area contributed by atoms with Crippen LogP contribution in [0.3, 0.4) is 0 Å². The highest BCUT2D eigenvalue weighted by Gasteiger charge is 2.44. The molecule has 2 saturated carbocycles. The molecule has 2 fully saturated rings. The van der Waals surface area contributed by atoms with Crippen LogP contribution in [0.15, 0.2) is 40.8 Å². The van der Waals surface area contributed by atoms with E-state index in [1.54, 1.807) is 0 Å². The third-order valence-electron chi connectivity index (χ3n) is 5.29. The van der Waals surface area contributed by atoms with E-state index in [1.165, 1.54) is 6.42 Å². The first-order valence-corrected chi connectivity index (χ1v) is 8.50. The molecule has 5 rings (SSSR count). The van der Waals surface area contributed by atoms with Crippen molar-refractivity contribution < 1.29 is 9.21 Å². The molecule has 23 heavy (non-hydrogen) atoms. The van der Waals surface area contributed by atoms with Gasteiger partial charge in [-0.3, -0.25) is 4.79 Å². The highest BCUT2D eigenvalue weighted by Crippen LogP contribution is 2.48. The van der Waals surface area contributed by atoms with E-state index in [1.807, 2.05) is 35.2 Å². The monoisotopic (exact) mass is 308 g/mol. The van der Waals surface area contributed by atoms with Gasteiger partial charge in [-0.25, -0.2) is 0 Å². The van der Waals surface area contributed by atoms with Crippen molar-refractivity contribution >= 4 is 11.6 Å². The SMILES string of the molecule is C[C@@H]1C[C@@H]1c1ccc([C@@H]2Nc3ccccc3C(=O)N2C2CC2)o1.